The molecular weight excluding hydrogens is 344 g/mol. The Morgan fingerprint density at radius 3 is 2.63 bits per heavy atom. The largest absolute Gasteiger partial charge is 0.482 e. The van der Waals surface area contributed by atoms with Gasteiger partial charge >= 0.3 is 5.97 Å². The minimum absolute atomic E-state index is 0.0145. The van der Waals surface area contributed by atoms with E-state index in [1.165, 1.54) is 6.07 Å². The maximum Gasteiger partial charge on any atom is 0.338 e. The monoisotopic (exact) mass is 368 g/mol. The molecule has 0 aromatic heterocycles. The first kappa shape index (κ1) is 18.8. The van der Waals surface area contributed by atoms with Crippen LogP contribution in [0.25, 0.3) is 0 Å². The lowest BCUT2D eigenvalue weighted by Gasteiger charge is -2.14. The predicted molar refractivity (Wildman–Crippen MR) is 104 cm³/mol. The third-order valence-electron chi connectivity index (χ3n) is 4.60. The van der Waals surface area contributed by atoms with Crippen LogP contribution in [0.4, 0.5) is 11.4 Å². The number of aryl methyl sites for hydroxylation is 1. The highest BCUT2D eigenvalue weighted by atomic mass is 16.5. The van der Waals surface area contributed by atoms with E-state index in [4.69, 9.17) is 15.2 Å². The van der Waals surface area contributed by atoms with E-state index in [1.54, 1.807) is 12.1 Å². The summed E-state index contributed by atoms with van der Waals surface area (Å²) in [5.41, 5.74) is 8.32. The summed E-state index contributed by atoms with van der Waals surface area (Å²) < 4.78 is 11.0. The summed E-state index contributed by atoms with van der Waals surface area (Å²) in [5.74, 6) is -0.408. The Bertz CT molecular complexity index is 829. The number of hydrogen-bond acceptors (Lipinski definition) is 5. The molecule has 1 aliphatic carbocycles. The van der Waals surface area contributed by atoms with Crippen LogP contribution in [0.15, 0.2) is 42.5 Å². The number of nitrogen functional groups attached to an aromatic ring is 1. The molecule has 1 fully saturated rings. The molecule has 2 aromatic carbocycles. The topological polar surface area (TPSA) is 90.6 Å². The number of esters is 1. The smallest absolute Gasteiger partial charge is 0.338 e. The fourth-order valence-electron chi connectivity index (χ4n) is 3.05. The van der Waals surface area contributed by atoms with Crippen LogP contribution in [0.1, 0.15) is 41.6 Å². The number of carbonyl (C=O) groups is 2. The summed E-state index contributed by atoms with van der Waals surface area (Å²) in [4.78, 5) is 24.4. The van der Waals surface area contributed by atoms with Crippen LogP contribution < -0.4 is 15.8 Å². The number of ether oxygens (including phenoxy) is 2. The van der Waals surface area contributed by atoms with Gasteiger partial charge in [-0.3, -0.25) is 4.79 Å². The molecular formula is C21H24N2O4. The fraction of sp³-hybridized carbons (Fsp3) is 0.333. The van der Waals surface area contributed by atoms with E-state index in [2.05, 4.69) is 5.32 Å². The molecule has 0 spiro atoms. The van der Waals surface area contributed by atoms with Gasteiger partial charge < -0.3 is 20.5 Å². The normalized spacial score (nSPS) is 14.0. The van der Waals surface area contributed by atoms with Gasteiger partial charge in [0.2, 0.25) is 0 Å². The van der Waals surface area contributed by atoms with Gasteiger partial charge in [-0.15, -0.1) is 0 Å². The number of anilines is 2. The Balaban J connectivity index is 1.60. The second-order valence-electron chi connectivity index (χ2n) is 6.72. The van der Waals surface area contributed by atoms with E-state index in [9.17, 15) is 9.59 Å². The highest BCUT2D eigenvalue weighted by Gasteiger charge is 2.21. The third kappa shape index (κ3) is 5.00. The summed E-state index contributed by atoms with van der Waals surface area (Å²) in [7, 11) is 0. The maximum absolute atomic E-state index is 12.3. The molecule has 0 bridgehead atoms. The van der Waals surface area contributed by atoms with Gasteiger partial charge in [0.1, 0.15) is 11.9 Å². The van der Waals surface area contributed by atoms with Crippen molar-refractivity contribution in [2.24, 2.45) is 0 Å². The van der Waals surface area contributed by atoms with Crippen molar-refractivity contribution in [2.45, 2.75) is 38.7 Å². The Labute approximate surface area is 158 Å². The second kappa shape index (κ2) is 8.58. The van der Waals surface area contributed by atoms with E-state index in [0.717, 1.165) is 36.9 Å². The lowest BCUT2D eigenvalue weighted by atomic mass is 10.2. The Morgan fingerprint density at radius 1 is 1.15 bits per heavy atom. The predicted octanol–water partition coefficient (Wildman–Crippen LogP) is 3.69. The number of nitrogens with one attached hydrogen (secondary N) is 1. The molecule has 0 radical (unpaired) electrons. The first-order valence-electron chi connectivity index (χ1n) is 9.11. The molecule has 6 nitrogen and oxygen atoms in total. The summed E-state index contributed by atoms with van der Waals surface area (Å²) in [5, 5.41) is 2.79. The molecule has 6 heteroatoms. The van der Waals surface area contributed by atoms with Gasteiger partial charge in [-0.25, -0.2) is 4.79 Å². The number of carbonyl (C=O) groups excluding carboxylic acids is 2. The van der Waals surface area contributed by atoms with Crippen LogP contribution in [0, 0.1) is 6.92 Å². The Morgan fingerprint density at radius 2 is 1.89 bits per heavy atom. The average molecular weight is 368 g/mol. The molecule has 0 aliphatic heterocycles. The minimum Gasteiger partial charge on any atom is -0.482 e. The van der Waals surface area contributed by atoms with E-state index >= 15 is 0 Å². The molecule has 0 atom stereocenters. The quantitative estimate of drug-likeness (QED) is 0.599. The van der Waals surface area contributed by atoms with Gasteiger partial charge in [0.25, 0.3) is 5.91 Å². The summed E-state index contributed by atoms with van der Waals surface area (Å²) in [6.45, 7) is 1.70. The van der Waals surface area contributed by atoms with Crippen LogP contribution in [0.2, 0.25) is 0 Å². The molecule has 3 rings (SSSR count). The van der Waals surface area contributed by atoms with Crippen LogP contribution in [0.5, 0.6) is 5.75 Å². The zero-order chi connectivity index (χ0) is 19.2. The van der Waals surface area contributed by atoms with Crippen LogP contribution in [-0.2, 0) is 9.53 Å². The molecule has 0 heterocycles. The molecule has 2 aromatic rings. The standard InChI is InChI=1S/C21H24N2O4/c1-14-6-2-5-9-18(14)23-20(24)13-26-19-12-15(10-11-17(19)22)21(25)27-16-7-3-4-8-16/h2,5-6,9-12,16H,3-4,7-8,13,22H2,1H3,(H,23,24). The fourth-order valence-corrected chi connectivity index (χ4v) is 3.05. The summed E-state index contributed by atoms with van der Waals surface area (Å²) >= 11 is 0. The SMILES string of the molecule is Cc1ccccc1NC(=O)COc1cc(C(=O)OC2CCCC2)ccc1N. The van der Waals surface area contributed by atoms with Crippen molar-refractivity contribution in [1.82, 2.24) is 0 Å². The van der Waals surface area contributed by atoms with Crippen LogP contribution >= 0.6 is 0 Å². The Kier molecular flexibility index (Phi) is 5.96. The number of hydrogen-bond donors (Lipinski definition) is 2. The van der Waals surface area contributed by atoms with E-state index in [1.807, 2.05) is 31.2 Å². The van der Waals surface area contributed by atoms with Gasteiger partial charge in [0, 0.05) is 5.69 Å². The molecule has 3 N–H and O–H groups in total. The van der Waals surface area contributed by atoms with Gasteiger partial charge in [0.05, 0.1) is 11.3 Å². The number of rotatable bonds is 6. The zero-order valence-corrected chi connectivity index (χ0v) is 15.4. The van der Waals surface area contributed by atoms with Crippen molar-refractivity contribution in [3.05, 3.63) is 53.6 Å². The number of para-hydroxylation sites is 1. The summed E-state index contributed by atoms with van der Waals surface area (Å²) in [6, 6.07) is 12.2. The minimum atomic E-state index is -0.392. The number of amides is 1. The highest BCUT2D eigenvalue weighted by Crippen LogP contribution is 2.26. The van der Waals surface area contributed by atoms with Crippen molar-refractivity contribution in [3.8, 4) is 5.75 Å². The molecule has 1 aliphatic rings. The van der Waals surface area contributed by atoms with Crippen molar-refractivity contribution in [2.75, 3.05) is 17.7 Å². The van der Waals surface area contributed by atoms with E-state index in [0.29, 0.717) is 11.3 Å². The van der Waals surface area contributed by atoms with Gasteiger partial charge in [-0.05, 0) is 62.4 Å². The van der Waals surface area contributed by atoms with Crippen molar-refractivity contribution in [3.63, 3.8) is 0 Å². The zero-order valence-electron chi connectivity index (χ0n) is 15.4. The summed E-state index contributed by atoms with van der Waals surface area (Å²) in [6.07, 6.45) is 3.97. The molecule has 27 heavy (non-hydrogen) atoms. The number of nitrogens with two attached hydrogens (primary N) is 1. The van der Waals surface area contributed by atoms with Crippen LogP contribution in [-0.4, -0.2) is 24.6 Å². The Hall–Kier alpha value is -3.02. The van der Waals surface area contributed by atoms with Crippen molar-refractivity contribution in [1.29, 1.82) is 0 Å². The molecule has 0 unspecified atom stereocenters. The first-order chi connectivity index (χ1) is 13.0. The van der Waals surface area contributed by atoms with Gasteiger partial charge in [-0.1, -0.05) is 18.2 Å². The number of benzene rings is 2. The lowest BCUT2D eigenvalue weighted by Crippen LogP contribution is -2.21. The average Bonchev–Trinajstić information content (AvgIpc) is 3.16. The van der Waals surface area contributed by atoms with Crippen LogP contribution in [0.3, 0.4) is 0 Å². The van der Waals surface area contributed by atoms with Crippen molar-refractivity contribution < 1.29 is 19.1 Å². The van der Waals surface area contributed by atoms with E-state index in [-0.39, 0.29) is 24.4 Å². The highest BCUT2D eigenvalue weighted by molar-refractivity contribution is 5.93. The van der Waals surface area contributed by atoms with Gasteiger partial charge in [0.15, 0.2) is 6.61 Å². The molecule has 0 saturated heterocycles. The van der Waals surface area contributed by atoms with Crippen molar-refractivity contribution >= 4 is 23.3 Å². The van der Waals surface area contributed by atoms with Gasteiger partial charge in [-0.2, -0.15) is 0 Å². The third-order valence-corrected chi connectivity index (χ3v) is 4.60. The second-order valence-corrected chi connectivity index (χ2v) is 6.72. The molecule has 1 saturated carbocycles. The lowest BCUT2D eigenvalue weighted by molar-refractivity contribution is -0.118. The van der Waals surface area contributed by atoms with E-state index < -0.39 is 5.97 Å². The first-order valence-corrected chi connectivity index (χ1v) is 9.11. The maximum atomic E-state index is 12.3. The molecule has 1 amide bonds. The molecule has 142 valence electrons.